The predicted octanol–water partition coefficient (Wildman–Crippen LogP) is 1.79. The molecule has 1 aliphatic heterocycles. The van der Waals surface area contributed by atoms with Crippen LogP contribution in [0, 0.1) is 5.92 Å². The Morgan fingerprint density at radius 2 is 2.10 bits per heavy atom. The summed E-state index contributed by atoms with van der Waals surface area (Å²) in [6.45, 7) is 8.49. The lowest BCUT2D eigenvalue weighted by molar-refractivity contribution is -0.123. The van der Waals surface area contributed by atoms with Crippen molar-refractivity contribution in [1.29, 1.82) is 0 Å². The van der Waals surface area contributed by atoms with Crippen LogP contribution >= 0.6 is 0 Å². The molecule has 0 spiro atoms. The lowest BCUT2D eigenvalue weighted by Crippen LogP contribution is -2.44. The van der Waals surface area contributed by atoms with E-state index in [1.54, 1.807) is 0 Å². The Kier molecular flexibility index (Phi) is 4.65. The van der Waals surface area contributed by atoms with Crippen LogP contribution in [0.1, 0.15) is 31.9 Å². The van der Waals surface area contributed by atoms with Crippen molar-refractivity contribution in [1.82, 2.24) is 10.2 Å². The Morgan fingerprint density at radius 3 is 2.80 bits per heavy atom. The van der Waals surface area contributed by atoms with Crippen LogP contribution in [0.4, 0.5) is 5.69 Å². The number of anilines is 1. The van der Waals surface area contributed by atoms with Gasteiger partial charge in [0, 0.05) is 24.8 Å². The summed E-state index contributed by atoms with van der Waals surface area (Å²) in [7, 11) is 0. The van der Waals surface area contributed by atoms with Gasteiger partial charge in [-0.15, -0.1) is 0 Å². The van der Waals surface area contributed by atoms with Crippen molar-refractivity contribution in [2.45, 2.75) is 39.8 Å². The Hall–Kier alpha value is -1.55. The summed E-state index contributed by atoms with van der Waals surface area (Å²) in [6, 6.07) is 6.29. The van der Waals surface area contributed by atoms with Gasteiger partial charge in [0.15, 0.2) is 0 Å². The maximum atomic E-state index is 12.0. The Bertz CT molecular complexity index is 485. The summed E-state index contributed by atoms with van der Waals surface area (Å²) < 4.78 is 0. The number of nitrogen functional groups attached to an aromatic ring is 1. The van der Waals surface area contributed by atoms with Crippen LogP contribution in [0.25, 0.3) is 0 Å². The molecular weight excluding hydrogens is 250 g/mol. The fourth-order valence-corrected chi connectivity index (χ4v) is 2.44. The zero-order chi connectivity index (χ0) is 14.7. The highest BCUT2D eigenvalue weighted by Crippen LogP contribution is 2.21. The Morgan fingerprint density at radius 1 is 1.35 bits per heavy atom. The van der Waals surface area contributed by atoms with Gasteiger partial charge in [0.25, 0.3) is 0 Å². The molecule has 0 fully saturated rings. The molecule has 0 aliphatic carbocycles. The van der Waals surface area contributed by atoms with E-state index in [0.717, 1.165) is 25.2 Å². The number of nitrogens with two attached hydrogens (primary N) is 1. The fraction of sp³-hybridized carbons (Fsp3) is 0.562. The summed E-state index contributed by atoms with van der Waals surface area (Å²) in [6.07, 6.45) is 0.989. The zero-order valence-corrected chi connectivity index (χ0v) is 12.6. The monoisotopic (exact) mass is 275 g/mol. The zero-order valence-electron chi connectivity index (χ0n) is 12.6. The number of hydrogen-bond donors (Lipinski definition) is 2. The molecule has 0 aromatic heterocycles. The second kappa shape index (κ2) is 6.27. The van der Waals surface area contributed by atoms with Gasteiger partial charge in [0.1, 0.15) is 0 Å². The van der Waals surface area contributed by atoms with Crippen molar-refractivity contribution < 1.29 is 4.79 Å². The molecule has 20 heavy (non-hydrogen) atoms. The van der Waals surface area contributed by atoms with Crippen molar-refractivity contribution in [2.24, 2.45) is 5.92 Å². The number of rotatable bonds is 4. The molecule has 1 aromatic rings. The van der Waals surface area contributed by atoms with Crippen LogP contribution in [0.3, 0.4) is 0 Å². The first kappa shape index (κ1) is 14.9. The Labute approximate surface area is 121 Å². The first-order valence-corrected chi connectivity index (χ1v) is 7.34. The van der Waals surface area contributed by atoms with Crippen molar-refractivity contribution in [3.8, 4) is 0 Å². The largest absolute Gasteiger partial charge is 0.399 e. The average Bonchev–Trinajstić information content (AvgIpc) is 2.37. The molecule has 0 saturated carbocycles. The molecule has 1 atom stereocenters. The molecule has 1 aromatic carbocycles. The number of hydrogen-bond acceptors (Lipinski definition) is 3. The van der Waals surface area contributed by atoms with E-state index in [-0.39, 0.29) is 11.9 Å². The molecule has 0 radical (unpaired) electrons. The lowest BCUT2D eigenvalue weighted by Gasteiger charge is -2.29. The van der Waals surface area contributed by atoms with E-state index in [1.165, 1.54) is 11.1 Å². The number of carbonyl (C=O) groups is 1. The third-order valence-corrected chi connectivity index (χ3v) is 4.08. The van der Waals surface area contributed by atoms with E-state index in [4.69, 9.17) is 5.73 Å². The molecule has 2 rings (SSSR count). The Balaban J connectivity index is 1.91. The molecule has 0 saturated heterocycles. The molecule has 1 aliphatic rings. The quantitative estimate of drug-likeness (QED) is 0.824. The van der Waals surface area contributed by atoms with Gasteiger partial charge in [0.2, 0.25) is 5.91 Å². The SMILES string of the molecule is CC(C)C(C)NC(=O)CN1CCc2ccc(N)cc2C1. The highest BCUT2D eigenvalue weighted by molar-refractivity contribution is 5.78. The topological polar surface area (TPSA) is 58.4 Å². The van der Waals surface area contributed by atoms with Crippen LogP contribution in [0.5, 0.6) is 0 Å². The van der Waals surface area contributed by atoms with Gasteiger partial charge >= 0.3 is 0 Å². The molecule has 4 nitrogen and oxygen atoms in total. The molecule has 4 heteroatoms. The summed E-state index contributed by atoms with van der Waals surface area (Å²) in [5.74, 6) is 0.569. The molecule has 1 amide bonds. The molecule has 3 N–H and O–H groups in total. The van der Waals surface area contributed by atoms with Crippen LogP contribution < -0.4 is 11.1 Å². The predicted molar refractivity (Wildman–Crippen MR) is 82.3 cm³/mol. The molecule has 1 unspecified atom stereocenters. The maximum absolute atomic E-state index is 12.0. The standard InChI is InChI=1S/C16H25N3O/c1-11(2)12(3)18-16(20)10-19-7-6-13-4-5-15(17)8-14(13)9-19/h4-5,8,11-12H,6-7,9-10,17H2,1-3H3,(H,18,20). The van der Waals surface area contributed by atoms with Gasteiger partial charge in [-0.1, -0.05) is 19.9 Å². The molecular formula is C16H25N3O. The van der Waals surface area contributed by atoms with Crippen LogP contribution in [0.15, 0.2) is 18.2 Å². The maximum Gasteiger partial charge on any atom is 0.234 e. The van der Waals surface area contributed by atoms with E-state index in [9.17, 15) is 4.79 Å². The molecule has 0 bridgehead atoms. The fourth-order valence-electron chi connectivity index (χ4n) is 2.44. The van der Waals surface area contributed by atoms with Gasteiger partial charge in [-0.2, -0.15) is 0 Å². The summed E-state index contributed by atoms with van der Waals surface area (Å²) in [4.78, 5) is 14.2. The van der Waals surface area contributed by atoms with Crippen molar-refractivity contribution in [3.05, 3.63) is 29.3 Å². The minimum Gasteiger partial charge on any atom is -0.399 e. The van der Waals surface area contributed by atoms with Crippen molar-refractivity contribution in [2.75, 3.05) is 18.8 Å². The van der Waals surface area contributed by atoms with E-state index < -0.39 is 0 Å². The van der Waals surface area contributed by atoms with Crippen LogP contribution in [0.2, 0.25) is 0 Å². The van der Waals surface area contributed by atoms with E-state index in [0.29, 0.717) is 12.5 Å². The van der Waals surface area contributed by atoms with Crippen LogP contribution in [-0.4, -0.2) is 29.9 Å². The van der Waals surface area contributed by atoms with Gasteiger partial charge < -0.3 is 11.1 Å². The van der Waals surface area contributed by atoms with Gasteiger partial charge in [-0.05, 0) is 42.5 Å². The molecule has 110 valence electrons. The highest BCUT2D eigenvalue weighted by atomic mass is 16.2. The summed E-state index contributed by atoms with van der Waals surface area (Å²) in [5, 5.41) is 3.06. The van der Waals surface area contributed by atoms with E-state index >= 15 is 0 Å². The first-order valence-electron chi connectivity index (χ1n) is 7.34. The molecule has 1 heterocycles. The van der Waals surface area contributed by atoms with E-state index in [1.807, 2.05) is 12.1 Å². The third-order valence-electron chi connectivity index (χ3n) is 4.08. The minimum atomic E-state index is 0.110. The lowest BCUT2D eigenvalue weighted by atomic mass is 9.99. The number of benzene rings is 1. The smallest absolute Gasteiger partial charge is 0.234 e. The van der Waals surface area contributed by atoms with Gasteiger partial charge in [-0.25, -0.2) is 0 Å². The van der Waals surface area contributed by atoms with Crippen molar-refractivity contribution in [3.63, 3.8) is 0 Å². The average molecular weight is 275 g/mol. The number of nitrogens with zero attached hydrogens (tertiary/aromatic N) is 1. The second-order valence-electron chi connectivity index (χ2n) is 6.09. The number of carbonyl (C=O) groups excluding carboxylic acids is 1. The van der Waals surface area contributed by atoms with Crippen LogP contribution in [-0.2, 0) is 17.8 Å². The van der Waals surface area contributed by atoms with E-state index in [2.05, 4.69) is 37.1 Å². The minimum absolute atomic E-state index is 0.110. The number of fused-ring (bicyclic) bond motifs is 1. The number of nitrogens with one attached hydrogen (secondary N) is 1. The third kappa shape index (κ3) is 3.73. The highest BCUT2D eigenvalue weighted by Gasteiger charge is 2.19. The number of amides is 1. The summed E-state index contributed by atoms with van der Waals surface area (Å²) in [5.41, 5.74) is 9.23. The van der Waals surface area contributed by atoms with Gasteiger partial charge in [0.05, 0.1) is 6.54 Å². The second-order valence-corrected chi connectivity index (χ2v) is 6.09. The summed E-state index contributed by atoms with van der Waals surface area (Å²) >= 11 is 0. The normalized spacial score (nSPS) is 16.8. The first-order chi connectivity index (χ1) is 9.45. The van der Waals surface area contributed by atoms with Crippen molar-refractivity contribution >= 4 is 11.6 Å². The van der Waals surface area contributed by atoms with Gasteiger partial charge in [-0.3, -0.25) is 9.69 Å².